The van der Waals surface area contributed by atoms with E-state index >= 15 is 0 Å². The third kappa shape index (κ3) is 4.06. The van der Waals surface area contributed by atoms with Crippen LogP contribution in [0.15, 0.2) is 0 Å². The lowest BCUT2D eigenvalue weighted by atomic mass is 11.5. The Morgan fingerprint density at radius 3 is 2.33 bits per heavy atom. The van der Waals surface area contributed by atoms with Crippen molar-refractivity contribution in [3.63, 3.8) is 0 Å². The van der Waals surface area contributed by atoms with E-state index in [1.54, 1.807) is 6.66 Å². The largest absolute Gasteiger partial charge is 0.363 e. The van der Waals surface area contributed by atoms with Gasteiger partial charge in [0.2, 0.25) is 6.35 Å². The SMILES string of the molecule is COC[P+](C)=O. The van der Waals surface area contributed by atoms with Gasteiger partial charge in [-0.15, -0.1) is 0 Å². The van der Waals surface area contributed by atoms with Gasteiger partial charge in [0.25, 0.3) is 0 Å². The van der Waals surface area contributed by atoms with Crippen LogP contribution in [0.2, 0.25) is 0 Å². The van der Waals surface area contributed by atoms with Gasteiger partial charge in [-0.05, 0) is 0 Å². The summed E-state index contributed by atoms with van der Waals surface area (Å²) in [6.45, 7) is 1.64. The Hall–Kier alpha value is 0.0600. The summed E-state index contributed by atoms with van der Waals surface area (Å²) in [6.07, 6.45) is 0.384. The molecule has 0 aromatic rings. The van der Waals surface area contributed by atoms with E-state index in [0.29, 0.717) is 6.35 Å². The van der Waals surface area contributed by atoms with Gasteiger partial charge in [0.05, 0.1) is 0 Å². The van der Waals surface area contributed by atoms with Crippen LogP contribution in [0.5, 0.6) is 0 Å². The zero-order valence-corrected chi connectivity index (χ0v) is 4.87. The van der Waals surface area contributed by atoms with Crippen LogP contribution in [-0.4, -0.2) is 20.1 Å². The molecule has 0 saturated carbocycles. The zero-order valence-electron chi connectivity index (χ0n) is 3.97. The molecule has 0 radical (unpaired) electrons. The highest BCUT2D eigenvalue weighted by molar-refractivity contribution is 7.43. The van der Waals surface area contributed by atoms with Crippen molar-refractivity contribution in [1.82, 2.24) is 0 Å². The fraction of sp³-hybridized carbons (Fsp3) is 1.00. The van der Waals surface area contributed by atoms with Crippen LogP contribution in [-0.2, 0) is 9.30 Å². The average molecular weight is 107 g/mol. The fourth-order valence-electron chi connectivity index (χ4n) is 0.182. The third-order valence-corrected chi connectivity index (χ3v) is 0.933. The third-order valence-electron chi connectivity index (χ3n) is 0.311. The summed E-state index contributed by atoms with van der Waals surface area (Å²) < 4.78 is 14.6. The fourth-order valence-corrected chi connectivity index (χ4v) is 0.545. The van der Waals surface area contributed by atoms with Gasteiger partial charge >= 0.3 is 7.80 Å². The Balaban J connectivity index is 2.83. The molecule has 0 saturated heterocycles. The summed E-state index contributed by atoms with van der Waals surface area (Å²) in [5, 5.41) is 0. The van der Waals surface area contributed by atoms with Gasteiger partial charge in [0, 0.05) is 7.11 Å². The van der Waals surface area contributed by atoms with Crippen LogP contribution in [0, 0.1) is 0 Å². The molecule has 0 rings (SSSR count). The molecule has 6 heavy (non-hydrogen) atoms. The van der Waals surface area contributed by atoms with E-state index in [2.05, 4.69) is 4.74 Å². The first kappa shape index (κ1) is 6.06. The molecular weight excluding hydrogens is 99.0 g/mol. The minimum atomic E-state index is -1.07. The average Bonchev–Trinajstić information content (AvgIpc) is 1.35. The highest BCUT2D eigenvalue weighted by Crippen LogP contribution is 2.10. The first-order valence-corrected chi connectivity index (χ1v) is 3.53. The van der Waals surface area contributed by atoms with E-state index in [4.69, 9.17) is 0 Å². The predicted molar refractivity (Wildman–Crippen MR) is 25.4 cm³/mol. The van der Waals surface area contributed by atoms with Crippen molar-refractivity contribution < 1.29 is 9.30 Å². The highest BCUT2D eigenvalue weighted by atomic mass is 31.1. The molecule has 0 N–H and O–H groups in total. The van der Waals surface area contributed by atoms with Crippen molar-refractivity contribution in [2.24, 2.45) is 0 Å². The van der Waals surface area contributed by atoms with Gasteiger partial charge in [-0.2, -0.15) is 0 Å². The van der Waals surface area contributed by atoms with Crippen molar-refractivity contribution in [3.8, 4) is 0 Å². The Kier molecular flexibility index (Phi) is 3.29. The van der Waals surface area contributed by atoms with Crippen molar-refractivity contribution in [1.29, 1.82) is 0 Å². The van der Waals surface area contributed by atoms with Crippen molar-refractivity contribution >= 4 is 7.80 Å². The van der Waals surface area contributed by atoms with Crippen LogP contribution < -0.4 is 0 Å². The number of ether oxygens (including phenoxy) is 1. The highest BCUT2D eigenvalue weighted by Gasteiger charge is 1.99. The summed E-state index contributed by atoms with van der Waals surface area (Å²) in [6, 6.07) is 0. The lowest BCUT2D eigenvalue weighted by Gasteiger charge is -1.74. The van der Waals surface area contributed by atoms with E-state index < -0.39 is 7.80 Å². The van der Waals surface area contributed by atoms with Gasteiger partial charge in [0.1, 0.15) is 6.66 Å². The Morgan fingerprint density at radius 2 is 2.33 bits per heavy atom. The molecule has 0 aromatic carbocycles. The van der Waals surface area contributed by atoms with Crippen molar-refractivity contribution in [2.45, 2.75) is 0 Å². The van der Waals surface area contributed by atoms with Crippen LogP contribution >= 0.6 is 7.80 Å². The summed E-state index contributed by atoms with van der Waals surface area (Å²) in [5.74, 6) is 0. The number of rotatable bonds is 2. The summed E-state index contributed by atoms with van der Waals surface area (Å²) in [5.41, 5.74) is 0. The lowest BCUT2D eigenvalue weighted by Crippen LogP contribution is -1.76. The first-order chi connectivity index (χ1) is 2.77. The topological polar surface area (TPSA) is 26.3 Å². The predicted octanol–water partition coefficient (Wildman–Crippen LogP) is 1.05. The maximum absolute atomic E-state index is 10.1. The monoisotopic (exact) mass is 107 g/mol. The summed E-state index contributed by atoms with van der Waals surface area (Å²) >= 11 is 0. The first-order valence-electron chi connectivity index (χ1n) is 1.64. The number of methoxy groups -OCH3 is 1. The minimum absolute atomic E-state index is 0.384. The maximum Gasteiger partial charge on any atom is 0.363 e. The standard InChI is InChI=1S/C3H8O2P/c1-5-3-6(2)4/h3H2,1-2H3/q+1. The molecular formula is C3H8O2P+. The molecule has 0 bridgehead atoms. The summed E-state index contributed by atoms with van der Waals surface area (Å²) in [7, 11) is 0.466. The van der Waals surface area contributed by atoms with Crippen molar-refractivity contribution in [2.75, 3.05) is 20.1 Å². The van der Waals surface area contributed by atoms with Gasteiger partial charge in [-0.3, -0.25) is 0 Å². The minimum Gasteiger partial charge on any atom is -0.341 e. The summed E-state index contributed by atoms with van der Waals surface area (Å²) in [4.78, 5) is 0. The molecule has 0 aliphatic rings. The van der Waals surface area contributed by atoms with Crippen LogP contribution in [0.4, 0.5) is 0 Å². The van der Waals surface area contributed by atoms with Gasteiger partial charge in [0.15, 0.2) is 0 Å². The Morgan fingerprint density at radius 1 is 1.83 bits per heavy atom. The number of hydrogen-bond acceptors (Lipinski definition) is 2. The molecule has 36 valence electrons. The molecule has 2 nitrogen and oxygen atoms in total. The van der Waals surface area contributed by atoms with Crippen LogP contribution in [0.3, 0.4) is 0 Å². The second-order valence-corrected chi connectivity index (χ2v) is 2.56. The Labute approximate surface area is 38.3 Å². The molecule has 0 aliphatic heterocycles. The molecule has 0 heterocycles. The molecule has 1 unspecified atom stereocenters. The van der Waals surface area contributed by atoms with Crippen LogP contribution in [0.25, 0.3) is 0 Å². The zero-order chi connectivity index (χ0) is 4.99. The molecule has 0 spiro atoms. The number of hydrogen-bond donors (Lipinski definition) is 0. The molecule has 3 heteroatoms. The second-order valence-electron chi connectivity index (χ2n) is 1.05. The van der Waals surface area contributed by atoms with Gasteiger partial charge in [-0.1, -0.05) is 4.57 Å². The smallest absolute Gasteiger partial charge is 0.341 e. The van der Waals surface area contributed by atoms with E-state index in [1.165, 1.54) is 7.11 Å². The molecule has 0 fully saturated rings. The second kappa shape index (κ2) is 3.26. The molecule has 0 aromatic heterocycles. The van der Waals surface area contributed by atoms with E-state index in [9.17, 15) is 4.57 Å². The molecule has 1 atom stereocenters. The Bertz CT molecular complexity index is 52.8. The normalized spacial score (nSPS) is 11.3. The van der Waals surface area contributed by atoms with Gasteiger partial charge < -0.3 is 4.74 Å². The quantitative estimate of drug-likeness (QED) is 0.493. The van der Waals surface area contributed by atoms with Crippen molar-refractivity contribution in [3.05, 3.63) is 0 Å². The van der Waals surface area contributed by atoms with E-state index in [0.717, 1.165) is 0 Å². The maximum atomic E-state index is 10.1. The van der Waals surface area contributed by atoms with Gasteiger partial charge in [-0.25, -0.2) is 0 Å². The van der Waals surface area contributed by atoms with Crippen LogP contribution in [0.1, 0.15) is 0 Å². The van der Waals surface area contributed by atoms with E-state index in [-0.39, 0.29) is 0 Å². The van der Waals surface area contributed by atoms with E-state index in [1.807, 2.05) is 0 Å². The molecule has 0 aliphatic carbocycles. The molecule has 0 amide bonds. The lowest BCUT2D eigenvalue weighted by molar-refractivity contribution is 0.252.